The molecular weight excluding hydrogens is 280 g/mol. The molecule has 1 fully saturated rings. The summed E-state index contributed by atoms with van der Waals surface area (Å²) >= 11 is 0. The van der Waals surface area contributed by atoms with Gasteiger partial charge < -0.3 is 15.4 Å². The summed E-state index contributed by atoms with van der Waals surface area (Å²) in [7, 11) is 0. The van der Waals surface area contributed by atoms with E-state index in [4.69, 9.17) is 5.11 Å². The molecule has 3 N–H and O–H groups in total. The predicted molar refractivity (Wildman–Crippen MR) is 84.0 cm³/mol. The van der Waals surface area contributed by atoms with Crippen molar-refractivity contribution in [3.05, 3.63) is 23.7 Å². The molecule has 0 atom stereocenters. The lowest BCUT2D eigenvalue weighted by Gasteiger charge is -2.23. The second kappa shape index (κ2) is 5.68. The van der Waals surface area contributed by atoms with Crippen molar-refractivity contribution in [2.45, 2.75) is 44.4 Å². The van der Waals surface area contributed by atoms with Gasteiger partial charge in [0.05, 0.1) is 11.9 Å². The number of H-pyrrole nitrogens is 1. The predicted octanol–water partition coefficient (Wildman–Crippen LogP) is 2.18. The van der Waals surface area contributed by atoms with Crippen LogP contribution in [0.1, 0.15) is 50.4 Å². The van der Waals surface area contributed by atoms with E-state index in [1.807, 2.05) is 13.8 Å². The Bertz CT molecular complexity index is 687. The van der Waals surface area contributed by atoms with Gasteiger partial charge in [0.2, 0.25) is 0 Å². The standard InChI is InChI=1S/C16H22N4O2/c1-16(2,9-12(21)22)15-19-13-11(5-8-18-14(13)20-15)10-3-6-17-7-4-10/h5,8,10,17H,3-4,6-7,9H2,1-2H3,(H,21,22)(H,18,19,20). The summed E-state index contributed by atoms with van der Waals surface area (Å²) in [4.78, 5) is 23.3. The molecule has 0 aromatic carbocycles. The van der Waals surface area contributed by atoms with Gasteiger partial charge in [0.25, 0.3) is 0 Å². The van der Waals surface area contributed by atoms with Crippen molar-refractivity contribution in [2.75, 3.05) is 13.1 Å². The number of carboxylic acid groups (broad SMARTS) is 1. The number of aromatic amines is 1. The van der Waals surface area contributed by atoms with Gasteiger partial charge >= 0.3 is 5.97 Å². The fourth-order valence-electron chi connectivity index (χ4n) is 3.19. The van der Waals surface area contributed by atoms with Crippen LogP contribution in [0.15, 0.2) is 12.3 Å². The Morgan fingerprint density at radius 1 is 1.41 bits per heavy atom. The highest BCUT2D eigenvalue weighted by Gasteiger charge is 2.29. The number of imidazole rings is 1. The molecule has 1 aliphatic rings. The summed E-state index contributed by atoms with van der Waals surface area (Å²) in [6.07, 6.45) is 4.04. The molecule has 1 saturated heterocycles. The van der Waals surface area contributed by atoms with Crippen LogP contribution in [0.2, 0.25) is 0 Å². The van der Waals surface area contributed by atoms with Crippen molar-refractivity contribution in [2.24, 2.45) is 0 Å². The number of carboxylic acids is 1. The van der Waals surface area contributed by atoms with Gasteiger partial charge in [-0.15, -0.1) is 0 Å². The van der Waals surface area contributed by atoms with Crippen molar-refractivity contribution in [1.82, 2.24) is 20.3 Å². The number of pyridine rings is 1. The van der Waals surface area contributed by atoms with Crippen LogP contribution in [0.5, 0.6) is 0 Å². The van der Waals surface area contributed by atoms with E-state index in [0.717, 1.165) is 31.4 Å². The molecule has 0 amide bonds. The van der Waals surface area contributed by atoms with Gasteiger partial charge in [-0.05, 0) is 43.5 Å². The quantitative estimate of drug-likeness (QED) is 0.805. The number of aromatic nitrogens is 3. The summed E-state index contributed by atoms with van der Waals surface area (Å²) in [5.74, 6) is 0.374. The Morgan fingerprint density at radius 3 is 2.82 bits per heavy atom. The van der Waals surface area contributed by atoms with E-state index in [1.54, 1.807) is 6.20 Å². The topological polar surface area (TPSA) is 90.9 Å². The van der Waals surface area contributed by atoms with Crippen LogP contribution in [-0.4, -0.2) is 39.1 Å². The van der Waals surface area contributed by atoms with Crippen LogP contribution in [0, 0.1) is 0 Å². The second-order valence-electron chi connectivity index (χ2n) is 6.66. The van der Waals surface area contributed by atoms with Crippen molar-refractivity contribution in [3.63, 3.8) is 0 Å². The second-order valence-corrected chi connectivity index (χ2v) is 6.66. The molecule has 0 saturated carbocycles. The molecule has 0 bridgehead atoms. The third-order valence-electron chi connectivity index (χ3n) is 4.44. The lowest BCUT2D eigenvalue weighted by atomic mass is 9.88. The molecular formula is C16H22N4O2. The largest absolute Gasteiger partial charge is 0.481 e. The number of aliphatic carboxylic acids is 1. The molecule has 1 aliphatic heterocycles. The summed E-state index contributed by atoms with van der Waals surface area (Å²) in [6.45, 7) is 5.84. The Balaban J connectivity index is 2.00. The van der Waals surface area contributed by atoms with E-state index in [9.17, 15) is 4.79 Å². The van der Waals surface area contributed by atoms with Gasteiger partial charge in [0, 0.05) is 11.6 Å². The first-order valence-corrected chi connectivity index (χ1v) is 7.75. The zero-order valence-corrected chi connectivity index (χ0v) is 13.0. The Kier molecular flexibility index (Phi) is 3.87. The minimum absolute atomic E-state index is 0.0372. The summed E-state index contributed by atoms with van der Waals surface area (Å²) in [6, 6.07) is 2.06. The maximum absolute atomic E-state index is 11.1. The van der Waals surface area contributed by atoms with Gasteiger partial charge in [-0.3, -0.25) is 4.79 Å². The highest BCUT2D eigenvalue weighted by Crippen LogP contribution is 2.32. The molecule has 0 spiro atoms. The summed E-state index contributed by atoms with van der Waals surface area (Å²) in [5.41, 5.74) is 2.35. The van der Waals surface area contributed by atoms with Crippen LogP contribution >= 0.6 is 0 Å². The molecule has 118 valence electrons. The summed E-state index contributed by atoms with van der Waals surface area (Å²) < 4.78 is 0. The molecule has 2 aromatic rings. The monoisotopic (exact) mass is 302 g/mol. The minimum atomic E-state index is -0.822. The van der Waals surface area contributed by atoms with Gasteiger partial charge in [0.15, 0.2) is 5.65 Å². The third kappa shape index (κ3) is 2.83. The van der Waals surface area contributed by atoms with Crippen molar-refractivity contribution >= 4 is 17.1 Å². The van der Waals surface area contributed by atoms with Crippen molar-refractivity contribution in [3.8, 4) is 0 Å². The van der Waals surface area contributed by atoms with Gasteiger partial charge in [0.1, 0.15) is 5.82 Å². The fraction of sp³-hybridized carbons (Fsp3) is 0.562. The smallest absolute Gasteiger partial charge is 0.304 e. The Labute approximate surface area is 129 Å². The van der Waals surface area contributed by atoms with E-state index in [2.05, 4.69) is 26.3 Å². The van der Waals surface area contributed by atoms with Crippen molar-refractivity contribution in [1.29, 1.82) is 0 Å². The highest BCUT2D eigenvalue weighted by atomic mass is 16.4. The number of piperidine rings is 1. The number of hydrogen-bond acceptors (Lipinski definition) is 4. The molecule has 22 heavy (non-hydrogen) atoms. The maximum Gasteiger partial charge on any atom is 0.304 e. The first kappa shape index (κ1) is 15.0. The lowest BCUT2D eigenvalue weighted by molar-refractivity contribution is -0.138. The van der Waals surface area contributed by atoms with Crippen LogP contribution in [0.4, 0.5) is 0 Å². The van der Waals surface area contributed by atoms with E-state index in [1.165, 1.54) is 5.56 Å². The molecule has 3 rings (SSSR count). The number of carbonyl (C=O) groups is 1. The van der Waals surface area contributed by atoms with Gasteiger partial charge in [-0.1, -0.05) is 13.8 Å². The van der Waals surface area contributed by atoms with Crippen LogP contribution in [0.3, 0.4) is 0 Å². The third-order valence-corrected chi connectivity index (χ3v) is 4.44. The number of nitrogens with one attached hydrogen (secondary N) is 2. The number of rotatable bonds is 4. The van der Waals surface area contributed by atoms with E-state index >= 15 is 0 Å². The average Bonchev–Trinajstić information content (AvgIpc) is 2.91. The van der Waals surface area contributed by atoms with Crippen LogP contribution in [-0.2, 0) is 10.2 Å². The number of hydrogen-bond donors (Lipinski definition) is 3. The maximum atomic E-state index is 11.1. The molecule has 0 aliphatic carbocycles. The fourth-order valence-corrected chi connectivity index (χ4v) is 3.19. The van der Waals surface area contributed by atoms with E-state index in [-0.39, 0.29) is 6.42 Å². The normalized spacial score (nSPS) is 17.0. The number of fused-ring (bicyclic) bond motifs is 1. The Morgan fingerprint density at radius 2 is 2.14 bits per heavy atom. The molecule has 6 nitrogen and oxygen atoms in total. The number of nitrogens with zero attached hydrogens (tertiary/aromatic N) is 2. The van der Waals surface area contributed by atoms with Crippen LogP contribution < -0.4 is 5.32 Å². The molecule has 3 heterocycles. The first-order chi connectivity index (χ1) is 10.5. The molecule has 6 heteroatoms. The van der Waals surface area contributed by atoms with Gasteiger partial charge in [-0.2, -0.15) is 0 Å². The zero-order chi connectivity index (χ0) is 15.7. The first-order valence-electron chi connectivity index (χ1n) is 7.75. The summed E-state index contributed by atoms with van der Waals surface area (Å²) in [5, 5.41) is 12.5. The highest BCUT2D eigenvalue weighted by molar-refractivity contribution is 5.76. The SMILES string of the molecule is CC(C)(CC(=O)O)c1nc2nccc(C3CCNCC3)c2[nH]1. The average molecular weight is 302 g/mol. The molecule has 0 unspecified atom stereocenters. The van der Waals surface area contributed by atoms with Crippen LogP contribution in [0.25, 0.3) is 11.2 Å². The van der Waals surface area contributed by atoms with E-state index < -0.39 is 11.4 Å². The lowest BCUT2D eigenvalue weighted by Crippen LogP contribution is -2.26. The molecule has 0 radical (unpaired) electrons. The molecule has 2 aromatic heterocycles. The zero-order valence-electron chi connectivity index (χ0n) is 13.0. The van der Waals surface area contributed by atoms with Gasteiger partial charge in [-0.25, -0.2) is 9.97 Å². The minimum Gasteiger partial charge on any atom is -0.481 e. The Hall–Kier alpha value is -1.95. The van der Waals surface area contributed by atoms with Crippen molar-refractivity contribution < 1.29 is 9.90 Å². The van der Waals surface area contributed by atoms with E-state index in [0.29, 0.717) is 17.4 Å².